The van der Waals surface area contributed by atoms with E-state index < -0.39 is 9.84 Å². The van der Waals surface area contributed by atoms with Gasteiger partial charge < -0.3 is 39.3 Å². The second-order valence-corrected chi connectivity index (χ2v) is 13.9. The number of carbonyl (C=O) groups is 1. The van der Waals surface area contributed by atoms with E-state index in [0.29, 0.717) is 74.1 Å². The number of benzene rings is 2. The Morgan fingerprint density at radius 1 is 1.02 bits per heavy atom. The molecule has 2 saturated heterocycles. The number of fused-ring (bicyclic) bond motifs is 1. The van der Waals surface area contributed by atoms with Crippen molar-refractivity contribution in [2.24, 2.45) is 0 Å². The van der Waals surface area contributed by atoms with E-state index in [-0.39, 0.29) is 30.2 Å². The fraction of sp³-hybridized carbons (Fsp3) is 0.500. The van der Waals surface area contributed by atoms with Crippen LogP contribution in [0.15, 0.2) is 42.6 Å². The number of aliphatic hydroxyl groups excluding tert-OH is 1. The Bertz CT molecular complexity index is 1560. The van der Waals surface area contributed by atoms with Crippen LogP contribution in [0.25, 0.3) is 10.9 Å². The number of pyridine rings is 1. The number of sulfone groups is 1. The molecule has 0 bridgehead atoms. The van der Waals surface area contributed by atoms with Crippen LogP contribution in [0.1, 0.15) is 25.8 Å². The molecule has 0 spiro atoms. The molecule has 0 saturated carbocycles. The number of aromatic nitrogens is 1. The minimum Gasteiger partial charge on any atom is -0.493 e. The van der Waals surface area contributed by atoms with E-state index in [2.05, 4.69) is 20.1 Å². The molecule has 1 aromatic heterocycles. The third-order valence-electron chi connectivity index (χ3n) is 8.04. The molecule has 5 rings (SSSR count). The molecule has 244 valence electrons. The van der Waals surface area contributed by atoms with Crippen molar-refractivity contribution >= 4 is 38.1 Å². The topological polar surface area (TPSA) is 134 Å². The lowest BCUT2D eigenvalue weighted by atomic mass is 10.1. The molecular weight excluding hydrogens is 598 g/mol. The number of anilines is 2. The number of rotatable bonds is 11. The van der Waals surface area contributed by atoms with Gasteiger partial charge in [-0.2, -0.15) is 0 Å². The number of hydrogen-bond donors (Lipinski definition) is 2. The molecule has 2 amide bonds. The maximum absolute atomic E-state index is 13.0. The summed E-state index contributed by atoms with van der Waals surface area (Å²) >= 11 is 0. The fourth-order valence-electron chi connectivity index (χ4n) is 5.66. The van der Waals surface area contributed by atoms with Crippen molar-refractivity contribution in [1.29, 1.82) is 0 Å². The van der Waals surface area contributed by atoms with Gasteiger partial charge in [0.05, 0.1) is 49.1 Å². The number of amides is 2. The third kappa shape index (κ3) is 8.27. The summed E-state index contributed by atoms with van der Waals surface area (Å²) in [4.78, 5) is 23.7. The smallest absolute Gasteiger partial charge is 0.321 e. The summed E-state index contributed by atoms with van der Waals surface area (Å²) in [6, 6.07) is 10.9. The van der Waals surface area contributed by atoms with Crippen LogP contribution in [0.3, 0.4) is 0 Å². The van der Waals surface area contributed by atoms with E-state index in [9.17, 15) is 18.3 Å². The van der Waals surface area contributed by atoms with Gasteiger partial charge in [0, 0.05) is 74.7 Å². The van der Waals surface area contributed by atoms with Gasteiger partial charge in [0.2, 0.25) is 0 Å². The van der Waals surface area contributed by atoms with Crippen molar-refractivity contribution in [1.82, 2.24) is 14.8 Å². The molecule has 0 aliphatic carbocycles. The molecular formula is C32H43N5O7S. The Morgan fingerprint density at radius 3 is 2.38 bits per heavy atom. The number of piperazine rings is 1. The van der Waals surface area contributed by atoms with Crippen molar-refractivity contribution in [3.8, 4) is 17.2 Å². The lowest BCUT2D eigenvalue weighted by Gasteiger charge is -2.37. The predicted molar refractivity (Wildman–Crippen MR) is 174 cm³/mol. The summed E-state index contributed by atoms with van der Waals surface area (Å²) in [6.45, 7) is 8.28. The molecule has 2 N–H and O–H groups in total. The Labute approximate surface area is 264 Å². The summed E-state index contributed by atoms with van der Waals surface area (Å²) in [6.07, 6.45) is 2.51. The van der Waals surface area contributed by atoms with Crippen molar-refractivity contribution in [3.05, 3.63) is 48.2 Å². The van der Waals surface area contributed by atoms with Gasteiger partial charge in [-0.05, 0) is 50.6 Å². The molecule has 0 atom stereocenters. The Morgan fingerprint density at radius 2 is 1.73 bits per heavy atom. The summed E-state index contributed by atoms with van der Waals surface area (Å²) in [5.41, 5.74) is 2.98. The van der Waals surface area contributed by atoms with Crippen molar-refractivity contribution in [2.45, 2.75) is 33.0 Å². The maximum Gasteiger partial charge on any atom is 0.321 e. The number of carbonyl (C=O) groups excluding carboxylic acids is 1. The van der Waals surface area contributed by atoms with Gasteiger partial charge in [0.25, 0.3) is 0 Å². The highest BCUT2D eigenvalue weighted by atomic mass is 32.2. The standard InChI is InChI=1S/C32H43N5O7S/c1-23(2)44-26-7-5-25(6-8-26)34-32(39)37-12-10-36(11-13-37)31-24(22-38)21-33-28-20-30(29(42-3)19-27(28)31)43-16-4-9-35-14-17-45(40,41)18-15-35/h5-8,19-21,23,38H,4,9-18,22H2,1-3H3,(H,34,39). The summed E-state index contributed by atoms with van der Waals surface area (Å²) in [5, 5.41) is 14.0. The zero-order valence-corrected chi connectivity index (χ0v) is 27.0. The van der Waals surface area contributed by atoms with Crippen molar-refractivity contribution in [2.75, 3.05) is 81.3 Å². The van der Waals surface area contributed by atoms with Crippen LogP contribution in [0.5, 0.6) is 17.2 Å². The highest BCUT2D eigenvalue weighted by Gasteiger charge is 2.26. The van der Waals surface area contributed by atoms with Gasteiger partial charge in [0.1, 0.15) is 5.75 Å². The molecule has 2 aromatic carbocycles. The largest absolute Gasteiger partial charge is 0.493 e. The molecule has 3 aromatic rings. The van der Waals surface area contributed by atoms with Crippen LogP contribution in [0.4, 0.5) is 16.2 Å². The van der Waals surface area contributed by atoms with Crippen LogP contribution in [-0.4, -0.2) is 111 Å². The summed E-state index contributed by atoms with van der Waals surface area (Å²) in [7, 11) is -1.31. The van der Waals surface area contributed by atoms with E-state index in [4.69, 9.17) is 14.2 Å². The minimum absolute atomic E-state index is 0.0779. The SMILES string of the molecule is COc1cc2c(N3CCN(C(=O)Nc4ccc(OC(C)C)cc4)CC3)c(CO)cnc2cc1OCCCN1CCS(=O)(=O)CC1. The predicted octanol–water partition coefficient (Wildman–Crippen LogP) is 3.38. The van der Waals surface area contributed by atoms with Gasteiger partial charge in [0.15, 0.2) is 21.3 Å². The van der Waals surface area contributed by atoms with Gasteiger partial charge in [-0.1, -0.05) is 0 Å². The molecule has 2 fully saturated rings. The average Bonchev–Trinajstić information content (AvgIpc) is 3.03. The highest BCUT2D eigenvalue weighted by molar-refractivity contribution is 7.91. The second kappa shape index (κ2) is 14.5. The minimum atomic E-state index is -2.90. The second-order valence-electron chi connectivity index (χ2n) is 11.6. The molecule has 0 unspecified atom stereocenters. The van der Waals surface area contributed by atoms with E-state index >= 15 is 0 Å². The molecule has 3 heterocycles. The number of ether oxygens (including phenoxy) is 3. The van der Waals surface area contributed by atoms with Gasteiger partial charge in [-0.25, -0.2) is 13.2 Å². The summed E-state index contributed by atoms with van der Waals surface area (Å²) in [5.74, 6) is 2.31. The van der Waals surface area contributed by atoms with Gasteiger partial charge >= 0.3 is 6.03 Å². The van der Waals surface area contributed by atoms with Crippen molar-refractivity contribution < 1.29 is 32.5 Å². The molecule has 13 heteroatoms. The number of urea groups is 1. The number of methoxy groups -OCH3 is 1. The van der Waals surface area contributed by atoms with E-state index in [0.717, 1.165) is 29.8 Å². The Balaban J connectivity index is 1.22. The first-order chi connectivity index (χ1) is 21.7. The zero-order chi connectivity index (χ0) is 32.0. The van der Waals surface area contributed by atoms with E-state index in [1.807, 2.05) is 50.2 Å². The maximum atomic E-state index is 13.0. The van der Waals surface area contributed by atoms with Crippen molar-refractivity contribution in [3.63, 3.8) is 0 Å². The number of aliphatic hydroxyl groups is 1. The quantitative estimate of drug-likeness (QED) is 0.300. The average molecular weight is 642 g/mol. The fourth-order valence-corrected chi connectivity index (χ4v) is 6.93. The lowest BCUT2D eigenvalue weighted by Crippen LogP contribution is -2.50. The first-order valence-corrected chi connectivity index (χ1v) is 17.2. The Kier molecular flexibility index (Phi) is 10.5. The monoisotopic (exact) mass is 641 g/mol. The number of hydrogen-bond acceptors (Lipinski definition) is 10. The molecule has 12 nitrogen and oxygen atoms in total. The normalized spacial score (nSPS) is 17.0. The molecule has 2 aliphatic heterocycles. The molecule has 0 radical (unpaired) electrons. The van der Waals surface area contributed by atoms with Crippen LogP contribution >= 0.6 is 0 Å². The van der Waals surface area contributed by atoms with Crippen LogP contribution < -0.4 is 24.4 Å². The van der Waals surface area contributed by atoms with E-state index in [1.54, 1.807) is 18.2 Å². The first kappa shape index (κ1) is 32.6. The third-order valence-corrected chi connectivity index (χ3v) is 9.65. The summed E-state index contributed by atoms with van der Waals surface area (Å²) < 4.78 is 40.8. The van der Waals surface area contributed by atoms with Crippen LogP contribution in [0, 0.1) is 0 Å². The van der Waals surface area contributed by atoms with Gasteiger partial charge in [-0.3, -0.25) is 4.98 Å². The van der Waals surface area contributed by atoms with E-state index in [1.165, 1.54) is 0 Å². The Hall–Kier alpha value is -3.81. The van der Waals surface area contributed by atoms with Gasteiger partial charge in [-0.15, -0.1) is 0 Å². The first-order valence-electron chi connectivity index (χ1n) is 15.4. The molecule has 45 heavy (non-hydrogen) atoms. The van der Waals surface area contributed by atoms with Crippen LogP contribution in [-0.2, 0) is 16.4 Å². The number of nitrogens with zero attached hydrogens (tertiary/aromatic N) is 4. The lowest BCUT2D eigenvalue weighted by molar-refractivity contribution is 0.208. The molecule has 2 aliphatic rings. The highest BCUT2D eigenvalue weighted by Crippen LogP contribution is 2.38. The zero-order valence-electron chi connectivity index (χ0n) is 26.2. The van der Waals surface area contributed by atoms with Crippen LogP contribution in [0.2, 0.25) is 0 Å². The number of nitrogens with one attached hydrogen (secondary N) is 1.